The first-order valence-corrected chi connectivity index (χ1v) is 15.9. The van der Waals surface area contributed by atoms with Gasteiger partial charge in [0.05, 0.1) is 24.8 Å². The minimum atomic E-state index is -4.29. The Kier molecular flexibility index (Phi) is 12.3. The van der Waals surface area contributed by atoms with Crippen molar-refractivity contribution in [1.82, 2.24) is 10.2 Å². The van der Waals surface area contributed by atoms with Crippen LogP contribution in [0.3, 0.4) is 0 Å². The molecule has 232 valence electrons. The molecule has 11 heteroatoms. The molecule has 43 heavy (non-hydrogen) atoms. The maximum Gasteiger partial charge on any atom is 0.264 e. The van der Waals surface area contributed by atoms with E-state index in [-0.39, 0.29) is 34.7 Å². The van der Waals surface area contributed by atoms with Gasteiger partial charge in [0, 0.05) is 24.2 Å². The van der Waals surface area contributed by atoms with Crippen molar-refractivity contribution in [1.29, 1.82) is 0 Å². The van der Waals surface area contributed by atoms with Crippen molar-refractivity contribution in [3.05, 3.63) is 83.4 Å². The molecule has 1 atom stereocenters. The van der Waals surface area contributed by atoms with Crippen LogP contribution in [0.1, 0.15) is 32.8 Å². The van der Waals surface area contributed by atoms with Crippen molar-refractivity contribution in [2.24, 2.45) is 5.92 Å². The minimum absolute atomic E-state index is 0.0922. The van der Waals surface area contributed by atoms with Gasteiger partial charge in [-0.15, -0.1) is 0 Å². The van der Waals surface area contributed by atoms with Crippen LogP contribution in [-0.2, 0) is 26.0 Å². The number of amides is 2. The predicted octanol–water partition coefficient (Wildman–Crippen LogP) is 5.17. The molecule has 0 fully saturated rings. The second kappa shape index (κ2) is 15.6. The highest BCUT2D eigenvalue weighted by atomic mass is 35.5. The van der Waals surface area contributed by atoms with Gasteiger partial charge in [0.1, 0.15) is 12.6 Å². The zero-order chi connectivity index (χ0) is 31.6. The first-order valence-electron chi connectivity index (χ1n) is 14.1. The van der Waals surface area contributed by atoms with Crippen molar-refractivity contribution >= 4 is 39.1 Å². The number of rotatable bonds is 15. The third kappa shape index (κ3) is 8.87. The Bertz CT molecular complexity index is 1470. The van der Waals surface area contributed by atoms with Crippen molar-refractivity contribution in [2.75, 3.05) is 38.2 Å². The zero-order valence-corrected chi connectivity index (χ0v) is 26.8. The summed E-state index contributed by atoms with van der Waals surface area (Å²) >= 11 is 6.11. The highest BCUT2D eigenvalue weighted by Crippen LogP contribution is 2.32. The molecule has 0 aromatic heterocycles. The van der Waals surface area contributed by atoms with Gasteiger partial charge in [0.2, 0.25) is 11.8 Å². The van der Waals surface area contributed by atoms with Gasteiger partial charge in [-0.1, -0.05) is 62.7 Å². The molecule has 0 heterocycles. The smallest absolute Gasteiger partial charge is 0.264 e. The van der Waals surface area contributed by atoms with Crippen LogP contribution in [0.15, 0.2) is 77.7 Å². The monoisotopic (exact) mass is 629 g/mol. The standard InChI is InChI=1S/C32H40ClN3O6S/c1-6-28(32(38)34-21-23(2)3)35(19-18-24-10-8-7-9-11-24)31(37)22-36(26-14-12-25(33)13-15-26)43(39,40)27-16-17-29(41-4)30(20-27)42-5/h7-17,20,23,28H,6,18-19,21-22H2,1-5H3,(H,34,38). The second-order valence-corrected chi connectivity index (χ2v) is 12.7. The lowest BCUT2D eigenvalue weighted by Gasteiger charge is -2.33. The summed E-state index contributed by atoms with van der Waals surface area (Å²) in [7, 11) is -1.42. The number of carbonyl (C=O) groups is 2. The van der Waals surface area contributed by atoms with Crippen molar-refractivity contribution in [3.8, 4) is 11.5 Å². The van der Waals surface area contributed by atoms with Gasteiger partial charge in [-0.3, -0.25) is 13.9 Å². The van der Waals surface area contributed by atoms with E-state index in [4.69, 9.17) is 21.1 Å². The molecule has 9 nitrogen and oxygen atoms in total. The largest absolute Gasteiger partial charge is 0.493 e. The van der Waals surface area contributed by atoms with E-state index in [0.29, 0.717) is 30.2 Å². The Balaban J connectivity index is 2.03. The lowest BCUT2D eigenvalue weighted by atomic mass is 10.1. The van der Waals surface area contributed by atoms with Gasteiger partial charge in [0.15, 0.2) is 11.5 Å². The number of methoxy groups -OCH3 is 2. The number of hydrogen-bond donors (Lipinski definition) is 1. The molecule has 3 rings (SSSR count). The van der Waals surface area contributed by atoms with Crippen molar-refractivity contribution in [2.45, 2.75) is 44.6 Å². The topological polar surface area (TPSA) is 105 Å². The molecule has 0 aliphatic heterocycles. The summed E-state index contributed by atoms with van der Waals surface area (Å²) in [5, 5.41) is 3.35. The number of ether oxygens (including phenoxy) is 2. The van der Waals surface area contributed by atoms with Crippen LogP contribution in [0.5, 0.6) is 11.5 Å². The molecule has 0 aliphatic rings. The predicted molar refractivity (Wildman–Crippen MR) is 169 cm³/mol. The molecule has 3 aromatic rings. The second-order valence-electron chi connectivity index (χ2n) is 10.4. The maximum atomic E-state index is 14.1. The number of nitrogens with one attached hydrogen (secondary N) is 1. The summed E-state index contributed by atoms with van der Waals surface area (Å²) in [6.07, 6.45) is 0.845. The van der Waals surface area contributed by atoms with E-state index in [1.807, 2.05) is 51.1 Å². The van der Waals surface area contributed by atoms with Gasteiger partial charge in [-0.05, 0) is 60.7 Å². The fourth-order valence-corrected chi connectivity index (χ4v) is 6.11. The molecular weight excluding hydrogens is 590 g/mol. The van der Waals surface area contributed by atoms with Crippen LogP contribution in [0.4, 0.5) is 5.69 Å². The summed E-state index contributed by atoms with van der Waals surface area (Å²) in [6.45, 7) is 5.95. The number of benzene rings is 3. The normalized spacial score (nSPS) is 12.0. The SMILES string of the molecule is CCC(C(=O)NCC(C)C)N(CCc1ccccc1)C(=O)CN(c1ccc(Cl)cc1)S(=O)(=O)c1ccc(OC)c(OC)c1. The molecule has 0 saturated carbocycles. The highest BCUT2D eigenvalue weighted by molar-refractivity contribution is 7.92. The lowest BCUT2D eigenvalue weighted by Crippen LogP contribution is -2.53. The lowest BCUT2D eigenvalue weighted by molar-refractivity contribution is -0.139. The number of nitrogens with zero attached hydrogens (tertiary/aromatic N) is 2. The number of anilines is 1. The Morgan fingerprint density at radius 1 is 0.930 bits per heavy atom. The van der Waals surface area contributed by atoms with Crippen molar-refractivity contribution < 1.29 is 27.5 Å². The third-order valence-electron chi connectivity index (χ3n) is 6.89. The van der Waals surface area contributed by atoms with E-state index in [2.05, 4.69) is 5.32 Å². The van der Waals surface area contributed by atoms with E-state index in [1.54, 1.807) is 12.1 Å². The molecule has 0 aliphatic carbocycles. The molecule has 0 radical (unpaired) electrons. The Labute approximate surface area is 259 Å². The summed E-state index contributed by atoms with van der Waals surface area (Å²) in [5.74, 6) is 0.0194. The van der Waals surface area contributed by atoms with Gasteiger partial charge in [-0.25, -0.2) is 8.42 Å². The molecule has 0 bridgehead atoms. The fraction of sp³-hybridized carbons (Fsp3) is 0.375. The maximum absolute atomic E-state index is 14.1. The summed E-state index contributed by atoms with van der Waals surface area (Å²) in [5.41, 5.74) is 1.23. The molecular formula is C32H40ClN3O6S. The number of halogens is 1. The molecule has 2 amide bonds. The van der Waals surface area contributed by atoms with Gasteiger partial charge < -0.3 is 19.7 Å². The van der Waals surface area contributed by atoms with E-state index in [1.165, 1.54) is 49.5 Å². The van der Waals surface area contributed by atoms with Crippen LogP contribution in [0, 0.1) is 5.92 Å². The zero-order valence-electron chi connectivity index (χ0n) is 25.2. The van der Waals surface area contributed by atoms with E-state index in [0.717, 1.165) is 9.87 Å². The average molecular weight is 630 g/mol. The first kappa shape index (κ1) is 33.7. The molecule has 0 saturated heterocycles. The summed E-state index contributed by atoms with van der Waals surface area (Å²) in [4.78, 5) is 28.8. The summed E-state index contributed by atoms with van der Waals surface area (Å²) < 4.78 is 39.9. The van der Waals surface area contributed by atoms with Crippen LogP contribution in [0.25, 0.3) is 0 Å². The summed E-state index contributed by atoms with van der Waals surface area (Å²) in [6, 6.07) is 19.3. The van der Waals surface area contributed by atoms with Crippen LogP contribution in [-0.4, -0.2) is 65.0 Å². The average Bonchev–Trinajstić information content (AvgIpc) is 3.01. The van der Waals surface area contributed by atoms with Crippen LogP contribution < -0.4 is 19.1 Å². The molecule has 0 spiro atoms. The molecule has 1 unspecified atom stereocenters. The Morgan fingerprint density at radius 3 is 2.16 bits per heavy atom. The van der Waals surface area contributed by atoms with E-state index < -0.39 is 28.5 Å². The number of hydrogen-bond acceptors (Lipinski definition) is 6. The Hall–Kier alpha value is -3.76. The number of sulfonamides is 1. The van der Waals surface area contributed by atoms with Crippen LogP contribution >= 0.6 is 11.6 Å². The van der Waals surface area contributed by atoms with E-state index in [9.17, 15) is 18.0 Å². The van der Waals surface area contributed by atoms with Crippen molar-refractivity contribution in [3.63, 3.8) is 0 Å². The third-order valence-corrected chi connectivity index (χ3v) is 8.91. The van der Waals surface area contributed by atoms with Gasteiger partial charge in [0.25, 0.3) is 10.0 Å². The quantitative estimate of drug-likeness (QED) is 0.249. The minimum Gasteiger partial charge on any atom is -0.493 e. The number of carbonyl (C=O) groups excluding carboxylic acids is 2. The molecule has 1 N–H and O–H groups in total. The highest BCUT2D eigenvalue weighted by Gasteiger charge is 2.34. The fourth-order valence-electron chi connectivity index (χ4n) is 4.56. The first-order chi connectivity index (χ1) is 20.5. The van der Waals surface area contributed by atoms with Crippen LogP contribution in [0.2, 0.25) is 5.02 Å². The molecule has 3 aromatic carbocycles. The van der Waals surface area contributed by atoms with Gasteiger partial charge >= 0.3 is 0 Å². The van der Waals surface area contributed by atoms with E-state index >= 15 is 0 Å². The Morgan fingerprint density at radius 2 is 1.58 bits per heavy atom. The van der Waals surface area contributed by atoms with Gasteiger partial charge in [-0.2, -0.15) is 0 Å².